The maximum absolute atomic E-state index is 11.9. The Balaban J connectivity index is 2.36. The molecule has 0 amide bonds. The van der Waals surface area contributed by atoms with Crippen LogP contribution in [0, 0.1) is 14.1 Å². The summed E-state index contributed by atoms with van der Waals surface area (Å²) in [6, 6.07) is 17.4. The van der Waals surface area contributed by atoms with Gasteiger partial charge < -0.3 is 0 Å². The van der Waals surface area contributed by atoms with E-state index in [0.29, 0.717) is 0 Å². The van der Waals surface area contributed by atoms with Crippen LogP contribution in [0.3, 0.4) is 0 Å². The monoisotopic (exact) mass is 456 g/mol. The predicted molar refractivity (Wildman–Crippen MR) is 95.4 cm³/mol. The second-order valence-corrected chi connectivity index (χ2v) is 10.8. The quantitative estimate of drug-likeness (QED) is 0.458. The van der Waals surface area contributed by atoms with Crippen molar-refractivity contribution in [3.63, 3.8) is 0 Å². The summed E-state index contributed by atoms with van der Waals surface area (Å²) in [7, 11) is 0. The summed E-state index contributed by atoms with van der Waals surface area (Å²) in [5.74, 6) is -0.831. The summed E-state index contributed by atoms with van der Waals surface area (Å²) in [4.78, 5) is 11.9. The van der Waals surface area contributed by atoms with Crippen molar-refractivity contribution < 1.29 is 7.86 Å². The van der Waals surface area contributed by atoms with Crippen LogP contribution in [0.25, 0.3) is 0 Å². The van der Waals surface area contributed by atoms with E-state index in [-0.39, 0.29) is 0 Å². The van der Waals surface area contributed by atoms with Crippen LogP contribution >= 0.6 is 55.0 Å². The van der Waals surface area contributed by atoms with Crippen LogP contribution in [-0.2, 0) is 7.86 Å². The minimum atomic E-state index is -2.44. The molecule has 21 heavy (non-hydrogen) atoms. The minimum absolute atomic E-state index is 0.831. The molecular formula is C15H12Cl3IO2. The third-order valence-corrected chi connectivity index (χ3v) is 7.52. The Kier molecular flexibility index (Phi) is 5.77. The first-order chi connectivity index (χ1) is 9.88. The van der Waals surface area contributed by atoms with Gasteiger partial charge in [-0.15, -0.1) is 0 Å². The molecule has 0 radical (unpaired) electrons. The number of hydrogen-bond donors (Lipinski definition) is 0. The van der Waals surface area contributed by atoms with Crippen molar-refractivity contribution in [3.8, 4) is 0 Å². The SMILES string of the molecule is Cc1ccc(I(OC(=O)C(Cl)(Cl)Cl)c2ccccc2)cc1. The Morgan fingerprint density at radius 3 is 2.00 bits per heavy atom. The molecule has 0 saturated heterocycles. The number of hydrogen-bond acceptors (Lipinski definition) is 2. The Labute approximate surface area is 146 Å². The average molecular weight is 458 g/mol. The molecule has 0 heterocycles. The van der Waals surface area contributed by atoms with E-state index < -0.39 is 30.0 Å². The van der Waals surface area contributed by atoms with Gasteiger partial charge in [-0.05, 0) is 0 Å². The average Bonchev–Trinajstić information content (AvgIpc) is 2.45. The van der Waals surface area contributed by atoms with Gasteiger partial charge in [0.25, 0.3) is 0 Å². The molecule has 112 valence electrons. The Bertz CT molecular complexity index is 609. The molecule has 2 rings (SSSR count). The fraction of sp³-hybridized carbons (Fsp3) is 0.133. The molecule has 0 atom stereocenters. The van der Waals surface area contributed by atoms with Crippen molar-refractivity contribution >= 4 is 61.0 Å². The zero-order valence-electron chi connectivity index (χ0n) is 11.0. The van der Waals surface area contributed by atoms with Gasteiger partial charge in [0.2, 0.25) is 0 Å². The Morgan fingerprint density at radius 1 is 0.952 bits per heavy atom. The topological polar surface area (TPSA) is 26.3 Å². The zero-order chi connectivity index (χ0) is 15.5. The standard InChI is InChI=1S/C15H12Cl3IO2/c1-11-7-9-13(10-8-11)19(12-5-3-2-4-6-12)21-14(20)15(16,17)18/h2-10H,1H3. The molecule has 0 aliphatic carbocycles. The molecule has 0 unspecified atom stereocenters. The van der Waals surface area contributed by atoms with Crippen molar-refractivity contribution in [2.75, 3.05) is 0 Å². The molecule has 0 bridgehead atoms. The molecule has 0 aliphatic rings. The third-order valence-electron chi connectivity index (χ3n) is 2.52. The molecule has 0 spiro atoms. The molecule has 2 aromatic carbocycles. The normalized spacial score (nSPS) is 11.9. The van der Waals surface area contributed by atoms with E-state index in [1.54, 1.807) is 0 Å². The molecule has 0 aliphatic heterocycles. The van der Waals surface area contributed by atoms with E-state index in [4.69, 9.17) is 37.9 Å². The van der Waals surface area contributed by atoms with E-state index in [9.17, 15) is 4.79 Å². The van der Waals surface area contributed by atoms with Crippen LogP contribution in [-0.4, -0.2) is 9.76 Å². The van der Waals surface area contributed by atoms with Crippen LogP contribution in [0.15, 0.2) is 54.6 Å². The number of halogens is 4. The zero-order valence-corrected chi connectivity index (χ0v) is 15.4. The van der Waals surface area contributed by atoms with Gasteiger partial charge in [0.15, 0.2) is 0 Å². The number of aryl methyl sites for hydroxylation is 1. The van der Waals surface area contributed by atoms with Crippen molar-refractivity contribution in [2.45, 2.75) is 10.7 Å². The van der Waals surface area contributed by atoms with E-state index in [1.165, 1.54) is 0 Å². The van der Waals surface area contributed by atoms with Crippen LogP contribution in [0.4, 0.5) is 0 Å². The van der Waals surface area contributed by atoms with Crippen LogP contribution < -0.4 is 0 Å². The van der Waals surface area contributed by atoms with Crippen LogP contribution in [0.1, 0.15) is 5.56 Å². The number of carbonyl (C=O) groups is 1. The third kappa shape index (κ3) is 4.74. The van der Waals surface area contributed by atoms with Gasteiger partial charge in [-0.25, -0.2) is 0 Å². The summed E-state index contributed by atoms with van der Waals surface area (Å²) in [6.45, 7) is 2.00. The van der Waals surface area contributed by atoms with Crippen LogP contribution in [0.5, 0.6) is 0 Å². The summed E-state index contributed by atoms with van der Waals surface area (Å²) in [5.41, 5.74) is 1.13. The van der Waals surface area contributed by atoms with E-state index in [2.05, 4.69) is 0 Å². The summed E-state index contributed by atoms with van der Waals surface area (Å²) < 4.78 is 5.43. The molecule has 6 heteroatoms. The van der Waals surface area contributed by atoms with Gasteiger partial charge in [0, 0.05) is 0 Å². The number of alkyl halides is 3. The first kappa shape index (κ1) is 16.9. The fourth-order valence-corrected chi connectivity index (χ4v) is 6.05. The second kappa shape index (κ2) is 7.18. The van der Waals surface area contributed by atoms with Gasteiger partial charge in [-0.1, -0.05) is 0 Å². The molecule has 0 N–H and O–H groups in total. The number of carbonyl (C=O) groups excluding carboxylic acids is 1. The molecule has 0 aromatic heterocycles. The second-order valence-electron chi connectivity index (χ2n) is 4.20. The summed E-state index contributed by atoms with van der Waals surface area (Å²) in [6.07, 6.45) is 0. The first-order valence-corrected chi connectivity index (χ1v) is 10.2. The molecule has 0 saturated carbocycles. The molecule has 2 aromatic rings. The van der Waals surface area contributed by atoms with Crippen molar-refractivity contribution in [3.05, 3.63) is 67.3 Å². The van der Waals surface area contributed by atoms with Gasteiger partial charge in [0.05, 0.1) is 0 Å². The molecule has 2 nitrogen and oxygen atoms in total. The molecule has 0 fully saturated rings. The summed E-state index contributed by atoms with van der Waals surface area (Å²) >= 11 is 14.4. The first-order valence-electron chi connectivity index (χ1n) is 5.99. The van der Waals surface area contributed by atoms with Crippen molar-refractivity contribution in [1.82, 2.24) is 0 Å². The van der Waals surface area contributed by atoms with Gasteiger partial charge in [0.1, 0.15) is 0 Å². The fourth-order valence-electron chi connectivity index (χ4n) is 1.51. The Hall–Kier alpha value is -0.490. The number of rotatable bonds is 3. The van der Waals surface area contributed by atoms with E-state index >= 15 is 0 Å². The summed E-state index contributed by atoms with van der Waals surface area (Å²) in [5, 5.41) is 0. The number of benzene rings is 2. The van der Waals surface area contributed by atoms with E-state index in [1.807, 2.05) is 61.5 Å². The Morgan fingerprint density at radius 2 is 1.48 bits per heavy atom. The van der Waals surface area contributed by atoms with Gasteiger partial charge in [-0.3, -0.25) is 0 Å². The van der Waals surface area contributed by atoms with Gasteiger partial charge in [-0.2, -0.15) is 0 Å². The van der Waals surface area contributed by atoms with Crippen molar-refractivity contribution in [1.29, 1.82) is 0 Å². The van der Waals surface area contributed by atoms with Crippen LogP contribution in [0.2, 0.25) is 0 Å². The van der Waals surface area contributed by atoms with E-state index in [0.717, 1.165) is 12.7 Å². The molecular weight excluding hydrogens is 445 g/mol. The maximum atomic E-state index is 11.9. The predicted octanol–water partition coefficient (Wildman–Crippen LogP) is 5.37. The van der Waals surface area contributed by atoms with Gasteiger partial charge >= 0.3 is 147 Å². The van der Waals surface area contributed by atoms with Crippen molar-refractivity contribution in [2.24, 2.45) is 0 Å².